The Kier molecular flexibility index (Phi) is 5.89. The standard InChI is InChI=1S/C17H30BrN3/c1-5-21-15(16(18)14(4)20-21)10-17(8-6-7-9-17)12-19-11-13(2)3/h13,19H,5-12H2,1-4H3. The fourth-order valence-corrected chi connectivity index (χ4v) is 3.98. The van der Waals surface area contributed by atoms with Gasteiger partial charge in [-0.25, -0.2) is 0 Å². The number of aryl methyl sites for hydroxylation is 2. The molecule has 1 N–H and O–H groups in total. The molecule has 120 valence electrons. The summed E-state index contributed by atoms with van der Waals surface area (Å²) in [5.41, 5.74) is 2.94. The van der Waals surface area contributed by atoms with Crippen LogP contribution in [-0.2, 0) is 13.0 Å². The van der Waals surface area contributed by atoms with Gasteiger partial charge in [-0.15, -0.1) is 0 Å². The van der Waals surface area contributed by atoms with Crippen LogP contribution in [0.2, 0.25) is 0 Å². The van der Waals surface area contributed by atoms with Gasteiger partial charge in [-0.05, 0) is 66.9 Å². The minimum atomic E-state index is 0.427. The normalized spacial score (nSPS) is 17.8. The molecule has 4 heteroatoms. The van der Waals surface area contributed by atoms with Crippen molar-refractivity contribution >= 4 is 15.9 Å². The molecule has 3 nitrogen and oxygen atoms in total. The molecule has 1 aliphatic carbocycles. The van der Waals surface area contributed by atoms with Gasteiger partial charge in [0.2, 0.25) is 0 Å². The molecule has 1 aromatic heterocycles. The summed E-state index contributed by atoms with van der Waals surface area (Å²) in [5, 5.41) is 8.37. The van der Waals surface area contributed by atoms with Gasteiger partial charge in [0.25, 0.3) is 0 Å². The molecule has 0 aromatic carbocycles. The Labute approximate surface area is 138 Å². The van der Waals surface area contributed by atoms with Crippen LogP contribution >= 0.6 is 15.9 Å². The molecule has 1 fully saturated rings. The lowest BCUT2D eigenvalue weighted by molar-refractivity contribution is 0.265. The molecule has 0 amide bonds. The largest absolute Gasteiger partial charge is 0.316 e. The van der Waals surface area contributed by atoms with Gasteiger partial charge in [0.1, 0.15) is 0 Å². The van der Waals surface area contributed by atoms with Gasteiger partial charge in [-0.3, -0.25) is 4.68 Å². The lowest BCUT2D eigenvalue weighted by Crippen LogP contribution is -2.36. The van der Waals surface area contributed by atoms with Gasteiger partial charge in [-0.1, -0.05) is 26.7 Å². The number of halogens is 1. The van der Waals surface area contributed by atoms with Crippen molar-refractivity contribution < 1.29 is 0 Å². The second-order valence-electron chi connectivity index (χ2n) is 7.07. The third-order valence-electron chi connectivity index (χ3n) is 4.71. The zero-order valence-electron chi connectivity index (χ0n) is 14.0. The Balaban J connectivity index is 2.12. The Morgan fingerprint density at radius 3 is 2.57 bits per heavy atom. The molecular weight excluding hydrogens is 326 g/mol. The number of aromatic nitrogens is 2. The minimum Gasteiger partial charge on any atom is -0.316 e. The van der Waals surface area contributed by atoms with Gasteiger partial charge < -0.3 is 5.32 Å². The summed E-state index contributed by atoms with van der Waals surface area (Å²) in [6.45, 7) is 12.1. The number of nitrogens with one attached hydrogen (secondary N) is 1. The molecule has 1 saturated carbocycles. The van der Waals surface area contributed by atoms with Gasteiger partial charge in [0.05, 0.1) is 15.9 Å². The fraction of sp³-hybridized carbons (Fsp3) is 0.824. The predicted molar refractivity (Wildman–Crippen MR) is 92.7 cm³/mol. The quantitative estimate of drug-likeness (QED) is 0.788. The van der Waals surface area contributed by atoms with Crippen LogP contribution in [-0.4, -0.2) is 22.9 Å². The summed E-state index contributed by atoms with van der Waals surface area (Å²) >= 11 is 3.76. The summed E-state index contributed by atoms with van der Waals surface area (Å²) in [7, 11) is 0. The molecule has 0 aliphatic heterocycles. The van der Waals surface area contributed by atoms with Crippen molar-refractivity contribution in [2.75, 3.05) is 13.1 Å². The van der Waals surface area contributed by atoms with Crippen molar-refractivity contribution in [1.82, 2.24) is 15.1 Å². The van der Waals surface area contributed by atoms with E-state index in [2.05, 4.69) is 58.7 Å². The van der Waals surface area contributed by atoms with Crippen molar-refractivity contribution in [3.8, 4) is 0 Å². The first kappa shape index (κ1) is 17.0. The van der Waals surface area contributed by atoms with Crippen LogP contribution in [0.1, 0.15) is 57.8 Å². The Hall–Kier alpha value is -0.350. The monoisotopic (exact) mass is 355 g/mol. The van der Waals surface area contributed by atoms with E-state index in [1.807, 2.05) is 0 Å². The van der Waals surface area contributed by atoms with E-state index in [-0.39, 0.29) is 0 Å². The topological polar surface area (TPSA) is 29.9 Å². The average molecular weight is 356 g/mol. The molecule has 1 heterocycles. The van der Waals surface area contributed by atoms with Crippen LogP contribution in [0.5, 0.6) is 0 Å². The van der Waals surface area contributed by atoms with E-state index < -0.39 is 0 Å². The molecule has 0 unspecified atom stereocenters. The Morgan fingerprint density at radius 1 is 1.33 bits per heavy atom. The lowest BCUT2D eigenvalue weighted by atomic mass is 9.81. The molecule has 0 spiro atoms. The van der Waals surface area contributed by atoms with Crippen LogP contribution in [0.4, 0.5) is 0 Å². The first-order valence-electron chi connectivity index (χ1n) is 8.40. The minimum absolute atomic E-state index is 0.427. The van der Waals surface area contributed by atoms with E-state index in [4.69, 9.17) is 0 Å². The second-order valence-corrected chi connectivity index (χ2v) is 7.86. The molecule has 2 rings (SSSR count). The van der Waals surface area contributed by atoms with E-state index in [9.17, 15) is 0 Å². The smallest absolute Gasteiger partial charge is 0.0738 e. The van der Waals surface area contributed by atoms with E-state index in [1.165, 1.54) is 35.8 Å². The number of nitrogens with zero attached hydrogens (tertiary/aromatic N) is 2. The second kappa shape index (κ2) is 7.28. The first-order chi connectivity index (χ1) is 9.97. The van der Waals surface area contributed by atoms with Crippen LogP contribution in [0.15, 0.2) is 4.47 Å². The first-order valence-corrected chi connectivity index (χ1v) is 9.19. The van der Waals surface area contributed by atoms with E-state index in [1.54, 1.807) is 0 Å². The highest BCUT2D eigenvalue weighted by Crippen LogP contribution is 2.42. The van der Waals surface area contributed by atoms with Gasteiger partial charge in [0.15, 0.2) is 0 Å². The maximum Gasteiger partial charge on any atom is 0.0738 e. The summed E-state index contributed by atoms with van der Waals surface area (Å²) in [6.07, 6.45) is 6.59. The zero-order chi connectivity index (χ0) is 15.5. The molecule has 0 atom stereocenters. The van der Waals surface area contributed by atoms with Crippen LogP contribution < -0.4 is 5.32 Å². The van der Waals surface area contributed by atoms with E-state index in [0.717, 1.165) is 37.7 Å². The lowest BCUT2D eigenvalue weighted by Gasteiger charge is -2.30. The van der Waals surface area contributed by atoms with Crippen molar-refractivity contribution in [3.63, 3.8) is 0 Å². The molecule has 1 aromatic rings. The summed E-state index contributed by atoms with van der Waals surface area (Å²) < 4.78 is 3.40. The third-order valence-corrected chi connectivity index (χ3v) is 5.74. The maximum atomic E-state index is 4.66. The van der Waals surface area contributed by atoms with Gasteiger partial charge >= 0.3 is 0 Å². The van der Waals surface area contributed by atoms with Crippen LogP contribution in [0.25, 0.3) is 0 Å². The molecule has 21 heavy (non-hydrogen) atoms. The molecule has 0 bridgehead atoms. The predicted octanol–water partition coefficient (Wildman–Crippen LogP) is 4.32. The van der Waals surface area contributed by atoms with Crippen molar-refractivity contribution in [1.29, 1.82) is 0 Å². The molecule has 1 aliphatic rings. The molecule has 0 radical (unpaired) electrons. The number of hydrogen-bond acceptors (Lipinski definition) is 2. The molecule has 0 saturated heterocycles. The Bertz CT molecular complexity index is 459. The molecular formula is C17H30BrN3. The van der Waals surface area contributed by atoms with Crippen molar-refractivity contribution in [3.05, 3.63) is 15.9 Å². The van der Waals surface area contributed by atoms with E-state index in [0.29, 0.717) is 5.41 Å². The van der Waals surface area contributed by atoms with Crippen LogP contribution in [0, 0.1) is 18.3 Å². The average Bonchev–Trinajstić information content (AvgIpc) is 2.99. The van der Waals surface area contributed by atoms with Crippen LogP contribution in [0.3, 0.4) is 0 Å². The highest BCUT2D eigenvalue weighted by atomic mass is 79.9. The van der Waals surface area contributed by atoms with E-state index >= 15 is 0 Å². The van der Waals surface area contributed by atoms with Crippen molar-refractivity contribution in [2.24, 2.45) is 11.3 Å². The van der Waals surface area contributed by atoms with Crippen molar-refractivity contribution in [2.45, 2.75) is 66.3 Å². The zero-order valence-corrected chi connectivity index (χ0v) is 15.6. The highest BCUT2D eigenvalue weighted by molar-refractivity contribution is 9.10. The Morgan fingerprint density at radius 2 is 2.00 bits per heavy atom. The van der Waals surface area contributed by atoms with Gasteiger partial charge in [-0.2, -0.15) is 5.10 Å². The summed E-state index contributed by atoms with van der Waals surface area (Å²) in [5.74, 6) is 0.721. The highest BCUT2D eigenvalue weighted by Gasteiger charge is 2.35. The van der Waals surface area contributed by atoms with Gasteiger partial charge in [0, 0.05) is 13.1 Å². The number of rotatable bonds is 7. The number of hydrogen-bond donors (Lipinski definition) is 1. The SMILES string of the molecule is CCn1nc(C)c(Br)c1CC1(CNCC(C)C)CCCC1. The fourth-order valence-electron chi connectivity index (χ4n) is 3.56. The summed E-state index contributed by atoms with van der Waals surface area (Å²) in [4.78, 5) is 0. The summed E-state index contributed by atoms with van der Waals surface area (Å²) in [6, 6.07) is 0. The third kappa shape index (κ3) is 4.10. The maximum absolute atomic E-state index is 4.66.